The fourth-order valence-electron chi connectivity index (χ4n) is 2.65. The summed E-state index contributed by atoms with van der Waals surface area (Å²) in [4.78, 5) is 16.8. The van der Waals surface area contributed by atoms with Crippen molar-refractivity contribution < 1.29 is 12.8 Å². The molecule has 0 spiro atoms. The highest BCUT2D eigenvalue weighted by molar-refractivity contribution is 7.92. The summed E-state index contributed by atoms with van der Waals surface area (Å²) in [7, 11) is -2.37. The van der Waals surface area contributed by atoms with Gasteiger partial charge in [0.05, 0.1) is 11.9 Å². The predicted octanol–water partition coefficient (Wildman–Crippen LogP) is 2.91. The zero-order valence-corrected chi connectivity index (χ0v) is 17.1. The maximum atomic E-state index is 14.4. The van der Waals surface area contributed by atoms with Crippen LogP contribution in [0.5, 0.6) is 0 Å². The summed E-state index contributed by atoms with van der Waals surface area (Å²) in [5.74, 6) is 1.31. The lowest BCUT2D eigenvalue weighted by atomic mass is 10.2. The van der Waals surface area contributed by atoms with Crippen molar-refractivity contribution >= 4 is 38.9 Å². The van der Waals surface area contributed by atoms with Crippen LogP contribution < -0.4 is 14.9 Å². The molecule has 3 aromatic rings. The first kappa shape index (κ1) is 20.4. The summed E-state index contributed by atoms with van der Waals surface area (Å²) < 4.78 is 39.0. The summed E-state index contributed by atoms with van der Waals surface area (Å²) in [6, 6.07) is 7.60. The third-order valence-corrected chi connectivity index (χ3v) is 5.13. The van der Waals surface area contributed by atoms with Crippen molar-refractivity contribution in [3.05, 3.63) is 54.0 Å². The van der Waals surface area contributed by atoms with E-state index < -0.39 is 15.8 Å². The monoisotopic (exact) mass is 417 g/mol. The van der Waals surface area contributed by atoms with E-state index in [9.17, 15) is 12.8 Å². The van der Waals surface area contributed by atoms with Crippen LogP contribution in [0.2, 0.25) is 0 Å². The molecule has 0 radical (unpaired) electrons. The van der Waals surface area contributed by atoms with E-state index in [4.69, 9.17) is 0 Å². The number of nitrogens with zero attached hydrogens (tertiary/aromatic N) is 5. The average Bonchev–Trinajstić information content (AvgIpc) is 2.60. The van der Waals surface area contributed by atoms with Crippen molar-refractivity contribution in [3.63, 3.8) is 0 Å². The van der Waals surface area contributed by atoms with Crippen LogP contribution in [0.25, 0.3) is 0 Å². The Balaban J connectivity index is 1.90. The molecule has 29 heavy (non-hydrogen) atoms. The van der Waals surface area contributed by atoms with E-state index in [1.807, 2.05) is 6.92 Å². The van der Waals surface area contributed by atoms with Crippen LogP contribution in [0.3, 0.4) is 0 Å². The van der Waals surface area contributed by atoms with Gasteiger partial charge in [-0.3, -0.25) is 4.31 Å². The second kappa shape index (κ2) is 7.95. The molecule has 0 saturated carbocycles. The van der Waals surface area contributed by atoms with Gasteiger partial charge in [-0.15, -0.1) is 0 Å². The summed E-state index contributed by atoms with van der Waals surface area (Å²) >= 11 is 0. The molecule has 9 nitrogen and oxygen atoms in total. The topological polar surface area (TPSA) is 113 Å². The second-order valence-corrected chi connectivity index (χ2v) is 8.36. The number of halogens is 1. The minimum absolute atomic E-state index is 0.106. The Morgan fingerprint density at radius 1 is 1.00 bits per heavy atom. The molecule has 0 fully saturated rings. The van der Waals surface area contributed by atoms with Crippen LogP contribution in [0.4, 0.5) is 33.2 Å². The molecule has 3 rings (SSSR count). The maximum absolute atomic E-state index is 14.4. The van der Waals surface area contributed by atoms with Crippen molar-refractivity contribution in [1.29, 1.82) is 0 Å². The van der Waals surface area contributed by atoms with Gasteiger partial charge in [-0.2, -0.15) is 0 Å². The number of nitrogens with one attached hydrogen (secondary N) is 2. The van der Waals surface area contributed by atoms with E-state index >= 15 is 0 Å². The minimum atomic E-state index is -3.66. The predicted molar refractivity (Wildman–Crippen MR) is 110 cm³/mol. The van der Waals surface area contributed by atoms with E-state index in [1.165, 1.54) is 25.5 Å². The molecule has 0 aliphatic heterocycles. The molecule has 0 unspecified atom stereocenters. The number of anilines is 5. The minimum Gasteiger partial charge on any atom is -0.338 e. The number of hydrogen-bond acceptors (Lipinski definition) is 8. The van der Waals surface area contributed by atoms with Crippen LogP contribution in [-0.4, -0.2) is 41.7 Å². The van der Waals surface area contributed by atoms with Crippen LogP contribution in [-0.2, 0) is 10.0 Å². The van der Waals surface area contributed by atoms with E-state index in [2.05, 4.69) is 30.6 Å². The van der Waals surface area contributed by atoms with Crippen molar-refractivity contribution in [2.45, 2.75) is 13.8 Å². The SMILES string of the molecule is Cc1cc(Nc2cc(Nc3cccc(F)c3N(C)S(C)(=O)=O)ncn2)nc(C)n1. The summed E-state index contributed by atoms with van der Waals surface area (Å²) in [6.45, 7) is 3.64. The molecular formula is C18H20FN7O2S. The highest BCUT2D eigenvalue weighted by atomic mass is 32.2. The number of para-hydroxylation sites is 1. The number of aromatic nitrogens is 4. The van der Waals surface area contributed by atoms with E-state index in [-0.39, 0.29) is 11.4 Å². The lowest BCUT2D eigenvalue weighted by Crippen LogP contribution is -2.26. The molecule has 0 amide bonds. The average molecular weight is 417 g/mol. The fraction of sp³-hybridized carbons (Fsp3) is 0.222. The van der Waals surface area contributed by atoms with Crippen LogP contribution in [0.1, 0.15) is 11.5 Å². The first-order chi connectivity index (χ1) is 13.6. The number of hydrogen-bond donors (Lipinski definition) is 2. The molecule has 11 heteroatoms. The van der Waals surface area contributed by atoms with Gasteiger partial charge >= 0.3 is 0 Å². The van der Waals surface area contributed by atoms with Gasteiger partial charge in [0, 0.05) is 24.9 Å². The number of rotatable bonds is 6. The van der Waals surface area contributed by atoms with E-state index in [0.717, 1.165) is 16.3 Å². The van der Waals surface area contributed by atoms with Crippen molar-refractivity contribution in [2.75, 3.05) is 28.2 Å². The van der Waals surface area contributed by atoms with Gasteiger partial charge in [-0.25, -0.2) is 32.7 Å². The Kier molecular flexibility index (Phi) is 5.59. The standard InChI is InChI=1S/C18H20FN7O2S/c1-11-8-17(23-12(2)22-11)25-16-9-15(20-10-21-16)24-14-7-5-6-13(19)18(14)26(3)29(4,27)28/h5-10H,1-4H3,(H2,20,21,22,23,24,25). The molecule has 0 aliphatic rings. The Morgan fingerprint density at radius 3 is 2.34 bits per heavy atom. The van der Waals surface area contributed by atoms with Crippen molar-refractivity contribution in [2.24, 2.45) is 0 Å². The maximum Gasteiger partial charge on any atom is 0.232 e. The third kappa shape index (κ3) is 4.93. The zero-order valence-electron chi connectivity index (χ0n) is 16.3. The molecule has 0 aliphatic carbocycles. The normalized spacial score (nSPS) is 11.2. The fourth-order valence-corrected chi connectivity index (χ4v) is 3.16. The Labute approximate surface area is 168 Å². The number of sulfonamides is 1. The zero-order chi connectivity index (χ0) is 21.2. The van der Waals surface area contributed by atoms with Gasteiger partial charge in [0.25, 0.3) is 0 Å². The van der Waals surface area contributed by atoms with E-state index in [0.29, 0.717) is 23.3 Å². The molecular weight excluding hydrogens is 397 g/mol. The highest BCUT2D eigenvalue weighted by Crippen LogP contribution is 2.32. The molecule has 2 N–H and O–H groups in total. The smallest absolute Gasteiger partial charge is 0.232 e. The second-order valence-electron chi connectivity index (χ2n) is 6.35. The molecule has 152 valence electrons. The van der Waals surface area contributed by atoms with Crippen molar-refractivity contribution in [1.82, 2.24) is 19.9 Å². The molecule has 0 bridgehead atoms. The Bertz CT molecular complexity index is 1130. The van der Waals surface area contributed by atoms with Gasteiger partial charge in [0.2, 0.25) is 10.0 Å². The Morgan fingerprint density at radius 2 is 1.69 bits per heavy atom. The third-order valence-electron chi connectivity index (χ3n) is 3.95. The van der Waals surface area contributed by atoms with Crippen LogP contribution in [0, 0.1) is 19.7 Å². The number of benzene rings is 1. The molecule has 1 aromatic carbocycles. The van der Waals surface area contributed by atoms with Gasteiger partial charge in [0.1, 0.15) is 41.1 Å². The van der Waals surface area contributed by atoms with Crippen molar-refractivity contribution in [3.8, 4) is 0 Å². The number of aryl methyl sites for hydroxylation is 2. The van der Waals surface area contributed by atoms with Gasteiger partial charge in [-0.05, 0) is 26.0 Å². The van der Waals surface area contributed by atoms with Gasteiger partial charge in [-0.1, -0.05) is 6.07 Å². The van der Waals surface area contributed by atoms with Crippen LogP contribution in [0.15, 0.2) is 36.7 Å². The van der Waals surface area contributed by atoms with Crippen LogP contribution >= 0.6 is 0 Å². The highest BCUT2D eigenvalue weighted by Gasteiger charge is 2.20. The summed E-state index contributed by atoms with van der Waals surface area (Å²) in [6.07, 6.45) is 2.33. The lowest BCUT2D eigenvalue weighted by Gasteiger charge is -2.21. The molecule has 2 heterocycles. The Hall–Kier alpha value is -3.34. The quantitative estimate of drug-likeness (QED) is 0.629. The first-order valence-electron chi connectivity index (χ1n) is 8.54. The van der Waals surface area contributed by atoms with Gasteiger partial charge < -0.3 is 10.6 Å². The summed E-state index contributed by atoms with van der Waals surface area (Å²) in [5.41, 5.74) is 0.946. The lowest BCUT2D eigenvalue weighted by molar-refractivity contribution is 0.595. The largest absolute Gasteiger partial charge is 0.338 e. The summed E-state index contributed by atoms with van der Waals surface area (Å²) in [5, 5.41) is 6.01. The first-order valence-corrected chi connectivity index (χ1v) is 10.4. The molecule has 0 saturated heterocycles. The van der Waals surface area contributed by atoms with Gasteiger partial charge in [0.15, 0.2) is 0 Å². The van der Waals surface area contributed by atoms with E-state index in [1.54, 1.807) is 25.1 Å². The molecule has 2 aromatic heterocycles. The molecule has 0 atom stereocenters.